The first kappa shape index (κ1) is 10.8. The monoisotopic (exact) mass is 204 g/mol. The number of thioether (sulfide) groups is 1. The van der Waals surface area contributed by atoms with Gasteiger partial charge in [0.1, 0.15) is 0 Å². The maximum Gasteiger partial charge on any atom is 0.246 e. The highest BCUT2D eigenvalue weighted by molar-refractivity contribution is 8.01. The summed E-state index contributed by atoms with van der Waals surface area (Å²) in [5.41, 5.74) is 3.12. The lowest BCUT2D eigenvalue weighted by molar-refractivity contribution is -0.134. The standard InChI is InChI=1S/C8H16N2O2S/c1-3-8(2)9-10(4-5-11)7(12)6-13-8/h9,11H,3-6H2,1-2H3/t8-/m0/s1. The molecule has 4 nitrogen and oxygen atoms in total. The molecule has 1 atom stereocenters. The number of hydrogen-bond acceptors (Lipinski definition) is 4. The van der Waals surface area contributed by atoms with Gasteiger partial charge < -0.3 is 5.11 Å². The van der Waals surface area contributed by atoms with Crippen LogP contribution in [0.5, 0.6) is 0 Å². The Labute approximate surface area is 82.6 Å². The summed E-state index contributed by atoms with van der Waals surface area (Å²) in [5.74, 6) is 0.544. The van der Waals surface area contributed by atoms with E-state index in [0.717, 1.165) is 6.42 Å². The van der Waals surface area contributed by atoms with Crippen molar-refractivity contribution in [3.05, 3.63) is 0 Å². The number of carbonyl (C=O) groups excluding carboxylic acids is 1. The number of nitrogens with one attached hydrogen (secondary N) is 1. The van der Waals surface area contributed by atoms with Crippen LogP contribution in [0.2, 0.25) is 0 Å². The van der Waals surface area contributed by atoms with Crippen LogP contribution in [0, 0.1) is 0 Å². The minimum Gasteiger partial charge on any atom is -0.394 e. The van der Waals surface area contributed by atoms with E-state index in [1.54, 1.807) is 11.8 Å². The van der Waals surface area contributed by atoms with Crippen molar-refractivity contribution in [1.82, 2.24) is 10.4 Å². The molecule has 0 bridgehead atoms. The summed E-state index contributed by atoms with van der Waals surface area (Å²) >= 11 is 1.62. The summed E-state index contributed by atoms with van der Waals surface area (Å²) in [5, 5.41) is 10.3. The van der Waals surface area contributed by atoms with E-state index in [1.165, 1.54) is 5.01 Å². The average Bonchev–Trinajstić information content (AvgIpc) is 2.12. The molecule has 1 saturated heterocycles. The Morgan fingerprint density at radius 3 is 3.00 bits per heavy atom. The van der Waals surface area contributed by atoms with Gasteiger partial charge >= 0.3 is 0 Å². The lowest BCUT2D eigenvalue weighted by Crippen LogP contribution is -2.58. The summed E-state index contributed by atoms with van der Waals surface area (Å²) < 4.78 is 0. The fourth-order valence-electron chi connectivity index (χ4n) is 1.14. The van der Waals surface area contributed by atoms with Crippen LogP contribution < -0.4 is 5.43 Å². The Balaban J connectivity index is 2.57. The first-order valence-electron chi connectivity index (χ1n) is 4.44. The van der Waals surface area contributed by atoms with E-state index in [1.807, 2.05) is 0 Å². The third-order valence-corrected chi connectivity index (χ3v) is 3.59. The Kier molecular flexibility index (Phi) is 3.58. The molecule has 76 valence electrons. The summed E-state index contributed by atoms with van der Waals surface area (Å²) in [6.07, 6.45) is 0.951. The van der Waals surface area contributed by atoms with Gasteiger partial charge in [0.2, 0.25) is 5.91 Å². The number of amides is 1. The Morgan fingerprint density at radius 2 is 2.46 bits per heavy atom. The number of hydrogen-bond donors (Lipinski definition) is 2. The molecule has 13 heavy (non-hydrogen) atoms. The zero-order valence-electron chi connectivity index (χ0n) is 8.04. The molecule has 2 N–H and O–H groups in total. The smallest absolute Gasteiger partial charge is 0.246 e. The first-order chi connectivity index (χ1) is 6.11. The van der Waals surface area contributed by atoms with Crippen LogP contribution in [-0.2, 0) is 4.79 Å². The third kappa shape index (κ3) is 2.59. The SMILES string of the molecule is CC[C@@]1(C)NN(CCO)C(=O)CS1. The molecule has 0 unspecified atom stereocenters. The van der Waals surface area contributed by atoms with E-state index in [9.17, 15) is 4.79 Å². The van der Waals surface area contributed by atoms with Crippen molar-refractivity contribution in [1.29, 1.82) is 0 Å². The second-order valence-electron chi connectivity index (χ2n) is 3.25. The van der Waals surface area contributed by atoms with Gasteiger partial charge in [0.15, 0.2) is 0 Å². The van der Waals surface area contributed by atoms with E-state index in [4.69, 9.17) is 5.11 Å². The minimum atomic E-state index is -0.0664. The number of β-amino-alcohol motifs (C(OH)–C–C–N with tert-alkyl or cyclic N) is 1. The van der Waals surface area contributed by atoms with E-state index in [2.05, 4.69) is 19.3 Å². The van der Waals surface area contributed by atoms with E-state index >= 15 is 0 Å². The summed E-state index contributed by atoms with van der Waals surface area (Å²) in [6.45, 7) is 4.51. The molecule has 1 aliphatic heterocycles. The van der Waals surface area contributed by atoms with Crippen molar-refractivity contribution < 1.29 is 9.90 Å². The number of hydrazine groups is 1. The van der Waals surface area contributed by atoms with Gasteiger partial charge in [-0.2, -0.15) is 0 Å². The number of aliphatic hydroxyl groups is 1. The minimum absolute atomic E-state index is 0.00318. The van der Waals surface area contributed by atoms with Gasteiger partial charge in [0, 0.05) is 0 Å². The van der Waals surface area contributed by atoms with Crippen molar-refractivity contribution in [3.63, 3.8) is 0 Å². The van der Waals surface area contributed by atoms with E-state index < -0.39 is 0 Å². The topological polar surface area (TPSA) is 52.6 Å². The first-order valence-corrected chi connectivity index (χ1v) is 5.43. The highest BCUT2D eigenvalue weighted by atomic mass is 32.2. The zero-order chi connectivity index (χ0) is 9.90. The quantitative estimate of drug-likeness (QED) is 0.689. The number of rotatable bonds is 3. The van der Waals surface area contributed by atoms with Crippen molar-refractivity contribution >= 4 is 17.7 Å². The van der Waals surface area contributed by atoms with Crippen molar-refractivity contribution in [3.8, 4) is 0 Å². The van der Waals surface area contributed by atoms with Gasteiger partial charge in [-0.1, -0.05) is 6.92 Å². The van der Waals surface area contributed by atoms with Gasteiger partial charge in [-0.05, 0) is 13.3 Å². The molecular formula is C8H16N2O2S. The van der Waals surface area contributed by atoms with E-state index in [-0.39, 0.29) is 17.4 Å². The molecule has 1 rings (SSSR count). The summed E-state index contributed by atoms with van der Waals surface area (Å²) in [6, 6.07) is 0. The van der Waals surface area contributed by atoms with Gasteiger partial charge in [-0.25, -0.2) is 5.43 Å². The molecule has 5 heteroatoms. The predicted molar refractivity (Wildman–Crippen MR) is 53.1 cm³/mol. The maximum absolute atomic E-state index is 11.3. The summed E-state index contributed by atoms with van der Waals surface area (Å²) in [4.78, 5) is 11.3. The summed E-state index contributed by atoms with van der Waals surface area (Å²) in [7, 11) is 0. The molecule has 0 aliphatic carbocycles. The molecule has 0 aromatic carbocycles. The van der Waals surface area contributed by atoms with Crippen molar-refractivity contribution in [2.45, 2.75) is 25.1 Å². The van der Waals surface area contributed by atoms with Crippen LogP contribution in [0.15, 0.2) is 0 Å². The third-order valence-electron chi connectivity index (χ3n) is 2.19. The molecule has 0 radical (unpaired) electrons. The van der Waals surface area contributed by atoms with Gasteiger partial charge in [0.05, 0.1) is 23.8 Å². The van der Waals surface area contributed by atoms with Crippen molar-refractivity contribution in [2.75, 3.05) is 18.9 Å². The normalized spacial score (nSPS) is 29.5. The highest BCUT2D eigenvalue weighted by Gasteiger charge is 2.33. The molecule has 0 saturated carbocycles. The molecule has 0 spiro atoms. The van der Waals surface area contributed by atoms with Crippen LogP contribution in [0.1, 0.15) is 20.3 Å². The molecule has 1 amide bonds. The van der Waals surface area contributed by atoms with Crippen LogP contribution in [0.25, 0.3) is 0 Å². The molecule has 1 heterocycles. The number of nitrogens with zero attached hydrogens (tertiary/aromatic N) is 1. The molecule has 0 aromatic rings. The lowest BCUT2D eigenvalue weighted by atomic mass is 10.2. The Hall–Kier alpha value is -0.260. The fourth-order valence-corrected chi connectivity index (χ4v) is 2.12. The Bertz CT molecular complexity index is 201. The fraction of sp³-hybridized carbons (Fsp3) is 0.875. The van der Waals surface area contributed by atoms with Crippen LogP contribution in [-0.4, -0.2) is 39.8 Å². The maximum atomic E-state index is 11.3. The molecule has 1 fully saturated rings. The molecule has 0 aromatic heterocycles. The van der Waals surface area contributed by atoms with Crippen LogP contribution in [0.4, 0.5) is 0 Å². The zero-order valence-corrected chi connectivity index (χ0v) is 8.86. The predicted octanol–water partition coefficient (Wildman–Crippen LogP) is 0.185. The van der Waals surface area contributed by atoms with Gasteiger partial charge in [-0.15, -0.1) is 11.8 Å². The van der Waals surface area contributed by atoms with Crippen LogP contribution in [0.3, 0.4) is 0 Å². The number of aliphatic hydroxyl groups excluding tert-OH is 1. The van der Waals surface area contributed by atoms with Crippen molar-refractivity contribution in [2.24, 2.45) is 0 Å². The largest absolute Gasteiger partial charge is 0.394 e. The lowest BCUT2D eigenvalue weighted by Gasteiger charge is -2.40. The van der Waals surface area contributed by atoms with Gasteiger partial charge in [-0.3, -0.25) is 9.80 Å². The molecular weight excluding hydrogens is 188 g/mol. The number of carbonyl (C=O) groups is 1. The average molecular weight is 204 g/mol. The van der Waals surface area contributed by atoms with E-state index in [0.29, 0.717) is 12.3 Å². The van der Waals surface area contributed by atoms with Crippen LogP contribution >= 0.6 is 11.8 Å². The second kappa shape index (κ2) is 4.30. The van der Waals surface area contributed by atoms with Gasteiger partial charge in [0.25, 0.3) is 0 Å². The highest BCUT2D eigenvalue weighted by Crippen LogP contribution is 2.29. The Morgan fingerprint density at radius 1 is 1.77 bits per heavy atom. The second-order valence-corrected chi connectivity index (χ2v) is 4.73. The molecule has 1 aliphatic rings.